The second kappa shape index (κ2) is 16.3. The third-order valence-electron chi connectivity index (χ3n) is 10.1. The van der Waals surface area contributed by atoms with Gasteiger partial charge in [-0.25, -0.2) is 0 Å². The molecule has 0 bridgehead atoms. The van der Waals surface area contributed by atoms with Crippen LogP contribution in [-0.4, -0.2) is 50.9 Å². The first-order valence-corrected chi connectivity index (χ1v) is 17.4. The van der Waals surface area contributed by atoms with E-state index in [1.807, 2.05) is 100 Å². The van der Waals surface area contributed by atoms with Crippen LogP contribution in [0.3, 0.4) is 0 Å². The molecule has 0 amide bonds. The van der Waals surface area contributed by atoms with E-state index in [0.717, 1.165) is 44.9 Å². The van der Waals surface area contributed by atoms with E-state index in [1.54, 1.807) is 28.4 Å². The molecular formula is C42H52O9. The summed E-state index contributed by atoms with van der Waals surface area (Å²) in [6.45, 7) is 11.9. The summed E-state index contributed by atoms with van der Waals surface area (Å²) in [6.07, 6.45) is -3.16. The second-order valence-electron chi connectivity index (χ2n) is 13.5. The Morgan fingerprint density at radius 1 is 0.510 bits per heavy atom. The summed E-state index contributed by atoms with van der Waals surface area (Å²) in [5.74, 6) is 4.12. The normalized spacial score (nSPS) is 20.9. The van der Waals surface area contributed by atoms with Crippen LogP contribution in [0.2, 0.25) is 0 Å². The second-order valence-corrected chi connectivity index (χ2v) is 13.5. The fourth-order valence-corrected chi connectivity index (χ4v) is 6.88. The maximum absolute atomic E-state index is 11.1. The molecule has 0 radical (unpaired) electrons. The molecule has 0 spiro atoms. The highest BCUT2D eigenvalue weighted by atomic mass is 16.5. The Morgan fingerprint density at radius 3 is 1.20 bits per heavy atom. The van der Waals surface area contributed by atoms with Crippen molar-refractivity contribution in [3.8, 4) is 34.5 Å². The molecule has 1 unspecified atom stereocenters. The van der Waals surface area contributed by atoms with Crippen LogP contribution in [0.4, 0.5) is 0 Å². The fourth-order valence-electron chi connectivity index (χ4n) is 6.88. The molecule has 1 saturated heterocycles. The molecule has 1 fully saturated rings. The molecule has 9 nitrogen and oxygen atoms in total. The van der Waals surface area contributed by atoms with Gasteiger partial charge in [0.25, 0.3) is 0 Å². The monoisotopic (exact) mass is 700 g/mol. The summed E-state index contributed by atoms with van der Waals surface area (Å²) in [6, 6.07) is 22.9. The van der Waals surface area contributed by atoms with Crippen LogP contribution in [0.15, 0.2) is 72.8 Å². The van der Waals surface area contributed by atoms with Crippen molar-refractivity contribution >= 4 is 0 Å². The molecule has 4 aromatic rings. The molecule has 0 aromatic heterocycles. The van der Waals surface area contributed by atoms with Gasteiger partial charge in [0.15, 0.2) is 23.0 Å². The Bertz CT molecular complexity index is 1660. The number of aryl methyl sites for hydroxylation is 2. The van der Waals surface area contributed by atoms with E-state index in [0.29, 0.717) is 23.0 Å². The number of benzene rings is 4. The zero-order valence-corrected chi connectivity index (χ0v) is 31.3. The summed E-state index contributed by atoms with van der Waals surface area (Å²) in [4.78, 5) is 0. The highest BCUT2D eigenvalue weighted by molar-refractivity contribution is 5.46. The molecule has 274 valence electrons. The van der Waals surface area contributed by atoms with E-state index < -0.39 is 24.4 Å². The van der Waals surface area contributed by atoms with Gasteiger partial charge in [-0.1, -0.05) is 38.1 Å². The van der Waals surface area contributed by atoms with E-state index in [9.17, 15) is 10.2 Å². The van der Waals surface area contributed by atoms with Crippen molar-refractivity contribution in [2.75, 3.05) is 28.4 Å². The van der Waals surface area contributed by atoms with Crippen LogP contribution in [0.1, 0.15) is 85.5 Å². The van der Waals surface area contributed by atoms with Gasteiger partial charge in [0.05, 0.1) is 40.6 Å². The molecule has 51 heavy (non-hydrogen) atoms. The van der Waals surface area contributed by atoms with Gasteiger partial charge >= 0.3 is 0 Å². The minimum Gasteiger partial charge on any atom is -0.496 e. The van der Waals surface area contributed by atoms with Crippen LogP contribution < -0.4 is 28.4 Å². The van der Waals surface area contributed by atoms with Crippen molar-refractivity contribution in [1.82, 2.24) is 0 Å². The van der Waals surface area contributed by atoms with Gasteiger partial charge < -0.3 is 43.4 Å². The molecular weight excluding hydrogens is 648 g/mol. The number of hydrogen-bond acceptors (Lipinski definition) is 9. The summed E-state index contributed by atoms with van der Waals surface area (Å²) < 4.78 is 41.5. The third kappa shape index (κ3) is 8.06. The molecule has 0 saturated carbocycles. The van der Waals surface area contributed by atoms with Crippen LogP contribution >= 0.6 is 0 Å². The van der Waals surface area contributed by atoms with E-state index in [-0.39, 0.29) is 24.0 Å². The lowest BCUT2D eigenvalue weighted by atomic mass is 9.85. The quantitative estimate of drug-likeness (QED) is 0.134. The third-order valence-corrected chi connectivity index (χ3v) is 10.1. The fraction of sp³-hybridized carbons (Fsp3) is 0.429. The molecule has 2 N–H and O–H groups in total. The smallest absolute Gasteiger partial charge is 0.161 e. The van der Waals surface area contributed by atoms with Crippen LogP contribution in [-0.2, 0) is 4.74 Å². The lowest BCUT2D eigenvalue weighted by molar-refractivity contribution is 0.0281. The zero-order chi connectivity index (χ0) is 37.0. The highest BCUT2D eigenvalue weighted by Crippen LogP contribution is 2.51. The largest absolute Gasteiger partial charge is 0.496 e. The number of methoxy groups -OCH3 is 4. The topological polar surface area (TPSA) is 105 Å². The molecule has 8 atom stereocenters. The lowest BCUT2D eigenvalue weighted by Crippen LogP contribution is -2.22. The minimum atomic E-state index is -0.849. The van der Waals surface area contributed by atoms with E-state index in [2.05, 4.69) is 13.8 Å². The van der Waals surface area contributed by atoms with Crippen molar-refractivity contribution < 1.29 is 43.4 Å². The molecule has 1 aliphatic rings. The molecule has 1 aliphatic heterocycles. The predicted octanol–water partition coefficient (Wildman–Crippen LogP) is 8.42. The van der Waals surface area contributed by atoms with Crippen LogP contribution in [0.5, 0.6) is 34.5 Å². The average molecular weight is 701 g/mol. The lowest BCUT2D eigenvalue weighted by Gasteiger charge is -2.24. The zero-order valence-electron chi connectivity index (χ0n) is 31.3. The van der Waals surface area contributed by atoms with Crippen molar-refractivity contribution in [2.45, 2.75) is 78.2 Å². The van der Waals surface area contributed by atoms with Gasteiger partial charge in [0.1, 0.15) is 35.9 Å². The first-order chi connectivity index (χ1) is 24.4. The van der Waals surface area contributed by atoms with Crippen molar-refractivity contribution in [3.05, 3.63) is 106 Å². The Balaban J connectivity index is 1.28. The van der Waals surface area contributed by atoms with E-state index >= 15 is 0 Å². The Morgan fingerprint density at radius 2 is 0.863 bits per heavy atom. The Labute approximate surface area is 302 Å². The Hall–Kier alpha value is -4.44. The molecule has 0 aliphatic carbocycles. The Kier molecular flexibility index (Phi) is 12.1. The van der Waals surface area contributed by atoms with Crippen LogP contribution in [0.25, 0.3) is 0 Å². The van der Waals surface area contributed by atoms with Gasteiger partial charge in [-0.15, -0.1) is 0 Å². The van der Waals surface area contributed by atoms with Gasteiger partial charge in [-0.2, -0.15) is 0 Å². The average Bonchev–Trinajstić information content (AvgIpc) is 3.44. The molecule has 4 aromatic carbocycles. The number of aliphatic hydroxyl groups excluding tert-OH is 2. The van der Waals surface area contributed by atoms with Crippen LogP contribution in [0, 0.1) is 25.7 Å². The van der Waals surface area contributed by atoms with Gasteiger partial charge in [0.2, 0.25) is 0 Å². The number of aliphatic hydroxyl groups is 2. The number of ether oxygens (including phenoxy) is 7. The summed E-state index contributed by atoms with van der Waals surface area (Å²) in [5, 5.41) is 22.1. The molecule has 5 rings (SSSR count). The number of hydrogen-bond donors (Lipinski definition) is 2. The van der Waals surface area contributed by atoms with Crippen molar-refractivity contribution in [1.29, 1.82) is 0 Å². The highest BCUT2D eigenvalue weighted by Gasteiger charge is 2.41. The maximum atomic E-state index is 11.1. The van der Waals surface area contributed by atoms with E-state index in [4.69, 9.17) is 33.2 Å². The molecule has 9 heteroatoms. The summed E-state index contributed by atoms with van der Waals surface area (Å²) in [5.41, 5.74) is 5.32. The predicted molar refractivity (Wildman–Crippen MR) is 196 cm³/mol. The summed E-state index contributed by atoms with van der Waals surface area (Å²) >= 11 is 0. The number of rotatable bonds is 14. The minimum absolute atomic E-state index is 0.190. The van der Waals surface area contributed by atoms with Gasteiger partial charge in [0, 0.05) is 0 Å². The maximum Gasteiger partial charge on any atom is 0.161 e. The van der Waals surface area contributed by atoms with Gasteiger partial charge in [-0.05, 0) is 121 Å². The van der Waals surface area contributed by atoms with Crippen molar-refractivity contribution in [3.63, 3.8) is 0 Å². The van der Waals surface area contributed by atoms with Gasteiger partial charge in [-0.3, -0.25) is 0 Å². The van der Waals surface area contributed by atoms with E-state index in [1.165, 1.54) is 0 Å². The summed E-state index contributed by atoms with van der Waals surface area (Å²) in [7, 11) is 6.48. The first-order valence-electron chi connectivity index (χ1n) is 17.4. The van der Waals surface area contributed by atoms with Crippen molar-refractivity contribution in [2.24, 2.45) is 11.8 Å². The SMILES string of the molecule is COc1ccc([C@@H](O)[C@@H](C)Oc2ccc(C3O[C@H](c4ccc(O[C@H](C)[C@@H](O)c5ccc(OC)c(C)c5)c(OC)c4)[C@H](C)[C@H]3C)cc2OC)cc1C. The first kappa shape index (κ1) is 37.8. The molecule has 1 heterocycles. The standard InChI is InChI=1S/C42H52O9/c1-23-19-29(11-15-33(23)45-7)39(43)27(5)49-35-17-13-31(21-37(35)47-9)41-25(3)26(4)42(51-41)32-14-18-36(38(22-32)48-10)50-28(6)40(44)30-12-16-34(46-8)24(2)20-30/h11-22,25-28,39-44H,1-10H3/t25-,26-,27-,28-,39-,40+,41+,42?/m1/s1.